The normalized spacial score (nSPS) is 14.7. The topological polar surface area (TPSA) is 76.1 Å². The number of halogens is 3. The summed E-state index contributed by atoms with van der Waals surface area (Å²) in [5.41, 5.74) is 3.26. The Morgan fingerprint density at radius 1 is 0.971 bits per heavy atom. The first-order chi connectivity index (χ1) is 17.0. The highest BCUT2D eigenvalue weighted by Crippen LogP contribution is 2.28. The SMILES string of the molecule is CCN1CCN(c2ccc(F)c(-c3cn(Cc4ccc(-c5nnc(C(F)F)o5)cc4)nn3)c2)CC1. The van der Waals surface area contributed by atoms with Gasteiger partial charge in [0.1, 0.15) is 11.5 Å². The zero-order valence-corrected chi connectivity index (χ0v) is 19.1. The number of nitrogens with zero attached hydrogens (tertiary/aromatic N) is 7. The lowest BCUT2D eigenvalue weighted by atomic mass is 10.1. The van der Waals surface area contributed by atoms with Crippen LogP contribution in [0.3, 0.4) is 0 Å². The second-order valence-corrected chi connectivity index (χ2v) is 8.33. The summed E-state index contributed by atoms with van der Waals surface area (Å²) < 4.78 is 46.6. The lowest BCUT2D eigenvalue weighted by molar-refractivity contribution is 0.116. The molecular weight excluding hydrogens is 459 g/mol. The van der Waals surface area contributed by atoms with Crippen LogP contribution in [0.5, 0.6) is 0 Å². The van der Waals surface area contributed by atoms with E-state index in [1.807, 2.05) is 6.07 Å². The Balaban J connectivity index is 1.28. The van der Waals surface area contributed by atoms with Gasteiger partial charge in [0, 0.05) is 43.0 Å². The van der Waals surface area contributed by atoms with Gasteiger partial charge in [0.2, 0.25) is 5.89 Å². The van der Waals surface area contributed by atoms with Crippen molar-refractivity contribution in [3.05, 3.63) is 65.9 Å². The Morgan fingerprint density at radius 3 is 2.43 bits per heavy atom. The number of likely N-dealkylation sites (N-methyl/N-ethyl adjacent to an activating group) is 1. The van der Waals surface area contributed by atoms with E-state index in [0.29, 0.717) is 23.4 Å². The maximum Gasteiger partial charge on any atom is 0.314 e. The third kappa shape index (κ3) is 5.04. The minimum atomic E-state index is -2.81. The van der Waals surface area contributed by atoms with Gasteiger partial charge >= 0.3 is 6.43 Å². The second-order valence-electron chi connectivity index (χ2n) is 8.33. The molecule has 1 saturated heterocycles. The predicted molar refractivity (Wildman–Crippen MR) is 124 cm³/mol. The number of benzene rings is 2. The van der Waals surface area contributed by atoms with Crippen molar-refractivity contribution >= 4 is 5.69 Å². The molecule has 0 unspecified atom stereocenters. The molecule has 0 saturated carbocycles. The van der Waals surface area contributed by atoms with Crippen LogP contribution in [0, 0.1) is 5.82 Å². The fourth-order valence-electron chi connectivity index (χ4n) is 4.11. The number of hydrogen-bond acceptors (Lipinski definition) is 7. The molecule has 0 spiro atoms. The Kier molecular flexibility index (Phi) is 6.49. The minimum Gasteiger partial charge on any atom is -0.415 e. The molecule has 2 aromatic carbocycles. The predicted octanol–water partition coefficient (Wildman–Crippen LogP) is 4.26. The molecule has 35 heavy (non-hydrogen) atoms. The van der Waals surface area contributed by atoms with Crippen molar-refractivity contribution in [2.24, 2.45) is 0 Å². The molecule has 182 valence electrons. The van der Waals surface area contributed by atoms with Crippen LogP contribution in [0.2, 0.25) is 0 Å². The first-order valence-corrected chi connectivity index (χ1v) is 11.4. The van der Waals surface area contributed by atoms with E-state index < -0.39 is 12.3 Å². The van der Waals surface area contributed by atoms with Gasteiger partial charge in [0.15, 0.2) is 0 Å². The number of aromatic nitrogens is 5. The van der Waals surface area contributed by atoms with Gasteiger partial charge in [-0.25, -0.2) is 9.07 Å². The standard InChI is InChI=1S/C24H24F3N7O/c1-2-32-9-11-33(12-10-32)18-7-8-20(25)19(13-18)21-15-34(31-28-21)14-16-3-5-17(6-4-16)23-29-30-24(35-23)22(26)27/h3-8,13,15,22H,2,9-12,14H2,1H3. The summed E-state index contributed by atoms with van der Waals surface area (Å²) in [6, 6.07) is 12.1. The van der Waals surface area contributed by atoms with Crippen LogP contribution in [0.4, 0.5) is 18.9 Å². The Labute approximate surface area is 200 Å². The first-order valence-electron chi connectivity index (χ1n) is 11.4. The zero-order valence-electron chi connectivity index (χ0n) is 19.1. The smallest absolute Gasteiger partial charge is 0.314 e. The van der Waals surface area contributed by atoms with Gasteiger partial charge in [-0.1, -0.05) is 24.3 Å². The lowest BCUT2D eigenvalue weighted by Gasteiger charge is -2.35. The van der Waals surface area contributed by atoms with Crippen molar-refractivity contribution in [1.29, 1.82) is 0 Å². The number of anilines is 1. The molecule has 1 fully saturated rings. The third-order valence-electron chi connectivity index (χ3n) is 6.12. The van der Waals surface area contributed by atoms with E-state index in [-0.39, 0.29) is 11.7 Å². The highest BCUT2D eigenvalue weighted by molar-refractivity contribution is 5.66. The average molecular weight is 483 g/mol. The van der Waals surface area contributed by atoms with E-state index in [1.54, 1.807) is 41.2 Å². The van der Waals surface area contributed by atoms with Crippen LogP contribution < -0.4 is 4.90 Å². The molecule has 0 bridgehead atoms. The summed E-state index contributed by atoms with van der Waals surface area (Å²) in [6.45, 7) is 7.35. The van der Waals surface area contributed by atoms with E-state index in [4.69, 9.17) is 4.42 Å². The maximum atomic E-state index is 14.7. The lowest BCUT2D eigenvalue weighted by Crippen LogP contribution is -2.46. The molecule has 2 aromatic heterocycles. The van der Waals surface area contributed by atoms with Gasteiger partial charge in [-0.2, -0.15) is 8.78 Å². The second kappa shape index (κ2) is 9.87. The van der Waals surface area contributed by atoms with Crippen molar-refractivity contribution in [1.82, 2.24) is 30.1 Å². The summed E-state index contributed by atoms with van der Waals surface area (Å²) >= 11 is 0. The van der Waals surface area contributed by atoms with Crippen LogP contribution in [0.25, 0.3) is 22.7 Å². The largest absolute Gasteiger partial charge is 0.415 e. The van der Waals surface area contributed by atoms with Crippen molar-refractivity contribution in [2.75, 3.05) is 37.6 Å². The van der Waals surface area contributed by atoms with E-state index in [9.17, 15) is 13.2 Å². The summed E-state index contributed by atoms with van der Waals surface area (Å²) in [5.74, 6) is -1.03. The van der Waals surface area contributed by atoms with Gasteiger partial charge < -0.3 is 14.2 Å². The molecule has 4 aromatic rings. The number of piperazine rings is 1. The van der Waals surface area contributed by atoms with Crippen molar-refractivity contribution < 1.29 is 17.6 Å². The Bertz CT molecular complexity index is 1280. The van der Waals surface area contributed by atoms with Crippen LogP contribution >= 0.6 is 0 Å². The molecule has 11 heteroatoms. The number of alkyl halides is 2. The first kappa shape index (κ1) is 23.0. The molecule has 8 nitrogen and oxygen atoms in total. The van der Waals surface area contributed by atoms with Crippen molar-refractivity contribution in [3.63, 3.8) is 0 Å². The van der Waals surface area contributed by atoms with E-state index >= 15 is 0 Å². The molecule has 3 heterocycles. The molecule has 0 N–H and O–H groups in total. The molecule has 0 atom stereocenters. The van der Waals surface area contributed by atoms with E-state index in [1.165, 1.54) is 6.07 Å². The molecule has 0 radical (unpaired) electrons. The number of hydrogen-bond donors (Lipinski definition) is 0. The van der Waals surface area contributed by atoms with Gasteiger partial charge in [-0.3, -0.25) is 0 Å². The van der Waals surface area contributed by atoms with Crippen molar-refractivity contribution in [2.45, 2.75) is 19.9 Å². The summed E-state index contributed by atoms with van der Waals surface area (Å²) in [6.07, 6.45) is -1.10. The summed E-state index contributed by atoms with van der Waals surface area (Å²) in [5, 5.41) is 15.3. The fourth-order valence-corrected chi connectivity index (χ4v) is 4.11. The Morgan fingerprint density at radius 2 is 1.74 bits per heavy atom. The maximum absolute atomic E-state index is 14.7. The highest BCUT2D eigenvalue weighted by Gasteiger charge is 2.19. The highest BCUT2D eigenvalue weighted by atomic mass is 19.3. The van der Waals surface area contributed by atoms with Gasteiger partial charge in [-0.15, -0.1) is 15.3 Å². The molecule has 0 amide bonds. The zero-order chi connectivity index (χ0) is 24.4. The van der Waals surface area contributed by atoms with Crippen LogP contribution in [-0.4, -0.2) is 62.8 Å². The van der Waals surface area contributed by atoms with Crippen molar-refractivity contribution in [3.8, 4) is 22.7 Å². The van der Waals surface area contributed by atoms with Gasteiger partial charge in [-0.05, 0) is 42.4 Å². The minimum absolute atomic E-state index is 0.0290. The van der Waals surface area contributed by atoms with Crippen LogP contribution in [-0.2, 0) is 6.54 Å². The van der Waals surface area contributed by atoms with E-state index in [0.717, 1.165) is 44.0 Å². The average Bonchev–Trinajstić information content (AvgIpc) is 3.55. The molecule has 0 aliphatic carbocycles. The monoisotopic (exact) mass is 483 g/mol. The van der Waals surface area contributed by atoms with Gasteiger partial charge in [0.25, 0.3) is 5.89 Å². The van der Waals surface area contributed by atoms with Crippen LogP contribution in [0.1, 0.15) is 24.8 Å². The molecule has 1 aliphatic rings. The van der Waals surface area contributed by atoms with Gasteiger partial charge in [0.05, 0.1) is 12.7 Å². The summed E-state index contributed by atoms with van der Waals surface area (Å²) in [4.78, 5) is 4.65. The summed E-state index contributed by atoms with van der Waals surface area (Å²) in [7, 11) is 0. The van der Waals surface area contributed by atoms with E-state index in [2.05, 4.69) is 37.2 Å². The number of rotatable bonds is 7. The fraction of sp³-hybridized carbons (Fsp3) is 0.333. The quantitative estimate of drug-likeness (QED) is 0.389. The molecule has 5 rings (SSSR count). The molecular formula is C24H24F3N7O. The Hall–Kier alpha value is -3.73. The van der Waals surface area contributed by atoms with Crippen LogP contribution in [0.15, 0.2) is 53.1 Å². The molecule has 1 aliphatic heterocycles. The third-order valence-corrected chi connectivity index (χ3v) is 6.12.